The van der Waals surface area contributed by atoms with Gasteiger partial charge in [-0.25, -0.2) is 22.0 Å². The van der Waals surface area contributed by atoms with Gasteiger partial charge in [-0.3, -0.25) is 0 Å². The van der Waals surface area contributed by atoms with Crippen LogP contribution in [0.5, 0.6) is 0 Å². The molecule has 32 heavy (non-hydrogen) atoms. The Morgan fingerprint density at radius 2 is 1.00 bits per heavy atom. The van der Waals surface area contributed by atoms with Gasteiger partial charge in [0.2, 0.25) is 0 Å². The summed E-state index contributed by atoms with van der Waals surface area (Å²) in [5, 5.41) is 20.2. The highest BCUT2D eigenvalue weighted by Crippen LogP contribution is 2.19. The Hall–Kier alpha value is -2.27. The van der Waals surface area contributed by atoms with E-state index in [1.165, 1.54) is 0 Å². The summed E-state index contributed by atoms with van der Waals surface area (Å²) in [7, 11) is -3.26. The van der Waals surface area contributed by atoms with E-state index in [1.807, 2.05) is 0 Å². The van der Waals surface area contributed by atoms with Crippen LogP contribution in [-0.4, -0.2) is 18.2 Å². The summed E-state index contributed by atoms with van der Waals surface area (Å²) >= 11 is 0. The predicted molar refractivity (Wildman–Crippen MR) is 109 cm³/mol. The summed E-state index contributed by atoms with van der Waals surface area (Å²) in [6.45, 7) is 8.68. The maximum atomic E-state index is 12.5. The molecule has 0 spiro atoms. The minimum absolute atomic E-state index is 0.120. The molecule has 2 aliphatic carbocycles. The van der Waals surface area contributed by atoms with Crippen molar-refractivity contribution in [2.45, 2.75) is 38.8 Å². The molecule has 10 heteroatoms. The summed E-state index contributed by atoms with van der Waals surface area (Å²) in [5.41, 5.74) is 6.50. The Kier molecular flexibility index (Phi) is 9.58. The van der Waals surface area contributed by atoms with E-state index in [-0.39, 0.29) is 11.1 Å². The van der Waals surface area contributed by atoms with Gasteiger partial charge in [-0.15, -0.1) is 0 Å². The Bertz CT molecular complexity index is 860. The highest BCUT2D eigenvalue weighted by Gasteiger charge is 2.27. The summed E-state index contributed by atoms with van der Waals surface area (Å²) in [5.74, 6) is -10.6. The highest BCUT2D eigenvalue weighted by atomic mass is 19.2. The lowest BCUT2D eigenvalue weighted by molar-refractivity contribution is -0.463. The first-order valence-corrected chi connectivity index (χ1v) is 9.89. The number of halogens is 5. The molecule has 6 N–H and O–H groups in total. The predicted octanol–water partition coefficient (Wildman–Crippen LogP) is 0.296. The Balaban J connectivity index is 0.000000250. The maximum Gasteiger partial charge on any atom is 0.200 e. The highest BCUT2D eigenvalue weighted by molar-refractivity contribution is 6.55. The van der Waals surface area contributed by atoms with Crippen LogP contribution in [0.25, 0.3) is 0 Å². The van der Waals surface area contributed by atoms with Gasteiger partial charge in [0.25, 0.3) is 0 Å². The molecule has 4 nitrogen and oxygen atoms in total. The van der Waals surface area contributed by atoms with E-state index >= 15 is 0 Å². The molecule has 0 aromatic heterocycles. The van der Waals surface area contributed by atoms with E-state index in [0.717, 1.165) is 0 Å². The molecule has 2 aliphatic rings. The first-order chi connectivity index (χ1) is 14.6. The molecule has 0 fully saturated rings. The average Bonchev–Trinajstić information content (AvgIpc) is 2.70. The van der Waals surface area contributed by atoms with Crippen molar-refractivity contribution in [2.24, 2.45) is 11.8 Å². The molecule has 1 aromatic rings. The monoisotopic (exact) mass is 458 g/mol. The number of quaternary nitrogens is 2. The summed E-state index contributed by atoms with van der Waals surface area (Å²) in [4.78, 5) is 0. The van der Waals surface area contributed by atoms with Gasteiger partial charge >= 0.3 is 0 Å². The molecule has 0 bridgehead atoms. The molecule has 0 saturated carbocycles. The largest absolute Gasteiger partial charge is 0.889 e. The maximum absolute atomic E-state index is 12.5. The van der Waals surface area contributed by atoms with E-state index in [9.17, 15) is 32.0 Å². The second-order valence-electron chi connectivity index (χ2n) is 8.39. The Morgan fingerprint density at radius 3 is 1.22 bits per heavy atom. The van der Waals surface area contributed by atoms with Gasteiger partial charge in [0, 0.05) is 11.8 Å². The minimum atomic E-state index is -3.26. The topological polar surface area (TPSA) is 101 Å². The first kappa shape index (κ1) is 27.8. The molecular weight excluding hydrogens is 430 g/mol. The number of hydrogen-bond donors (Lipinski definition) is 2. The minimum Gasteiger partial charge on any atom is -0.889 e. The zero-order valence-electron chi connectivity index (χ0n) is 18.5. The molecule has 0 amide bonds. The number of hydrogen-bond acceptors (Lipinski definition) is 2. The van der Waals surface area contributed by atoms with E-state index in [0.29, 0.717) is 11.8 Å². The normalized spacial score (nSPS) is 27.9. The van der Waals surface area contributed by atoms with Gasteiger partial charge in [0.15, 0.2) is 29.1 Å². The summed E-state index contributed by atoms with van der Waals surface area (Å²) in [6.07, 6.45) is 17.0. The van der Waals surface area contributed by atoms with Crippen LogP contribution in [0.2, 0.25) is 0 Å². The lowest BCUT2D eigenvalue weighted by Crippen LogP contribution is -2.72. The van der Waals surface area contributed by atoms with E-state index in [4.69, 9.17) is 0 Å². The van der Waals surface area contributed by atoms with Crippen LogP contribution in [0.4, 0.5) is 22.0 Å². The van der Waals surface area contributed by atoms with Crippen molar-refractivity contribution in [3.8, 4) is 0 Å². The molecule has 0 saturated heterocycles. The van der Waals surface area contributed by atoms with Gasteiger partial charge < -0.3 is 21.5 Å². The van der Waals surface area contributed by atoms with Crippen molar-refractivity contribution >= 4 is 12.6 Å². The Labute approximate surface area is 185 Å². The summed E-state index contributed by atoms with van der Waals surface area (Å²) < 4.78 is 62.0. The fourth-order valence-corrected chi connectivity index (χ4v) is 2.58. The molecule has 4 atom stereocenters. The van der Waals surface area contributed by atoms with Gasteiger partial charge in [-0.05, 0) is 31.5 Å². The van der Waals surface area contributed by atoms with Crippen LogP contribution in [0.15, 0.2) is 48.6 Å². The average molecular weight is 458 g/mol. The van der Waals surface area contributed by atoms with Crippen LogP contribution in [0.3, 0.4) is 0 Å². The van der Waals surface area contributed by atoms with Crippen LogP contribution >= 0.6 is 0 Å². The van der Waals surface area contributed by atoms with Crippen molar-refractivity contribution in [1.29, 1.82) is 0 Å². The third-order valence-electron chi connectivity index (χ3n) is 5.54. The van der Waals surface area contributed by atoms with Gasteiger partial charge in [-0.2, -0.15) is 0 Å². The van der Waals surface area contributed by atoms with Gasteiger partial charge in [0.05, 0.1) is 0 Å². The van der Waals surface area contributed by atoms with E-state index < -0.39 is 41.7 Å². The first-order valence-electron chi connectivity index (χ1n) is 9.89. The molecule has 4 unspecified atom stereocenters. The fraction of sp³-hybridized carbons (Fsp3) is 0.364. The molecule has 0 heterocycles. The van der Waals surface area contributed by atoms with Crippen molar-refractivity contribution in [3.63, 3.8) is 0 Å². The summed E-state index contributed by atoms with van der Waals surface area (Å²) in [6, 6.07) is 0. The molecule has 0 radical (unpaired) electrons. The van der Waals surface area contributed by atoms with Crippen molar-refractivity contribution in [1.82, 2.24) is 0 Å². The number of benzene rings is 1. The third-order valence-corrected chi connectivity index (χ3v) is 5.54. The second-order valence-corrected chi connectivity index (χ2v) is 8.39. The van der Waals surface area contributed by atoms with Crippen LogP contribution in [0, 0.1) is 40.9 Å². The molecular formula is C22H28BF5N2O2. The molecule has 0 aliphatic heterocycles. The van der Waals surface area contributed by atoms with Crippen LogP contribution in [0.1, 0.15) is 27.7 Å². The van der Waals surface area contributed by atoms with E-state index in [2.05, 4.69) is 87.8 Å². The van der Waals surface area contributed by atoms with Gasteiger partial charge in [-0.1, -0.05) is 57.4 Å². The standard InChI is InChI=1S/2C8H13N.C6BF5O2/c2*1-7-5-3-4-6-8(7,2)9;8-2-1(7(13)14)3(9)5(11)6(12)4(2)10/h2*3-7H,9H2,1-2H3;/q;;-2/p+2. The molecule has 3 rings (SSSR count). The zero-order valence-corrected chi connectivity index (χ0v) is 18.5. The van der Waals surface area contributed by atoms with Crippen molar-refractivity contribution in [2.75, 3.05) is 0 Å². The Morgan fingerprint density at radius 1 is 0.688 bits per heavy atom. The van der Waals surface area contributed by atoms with Crippen molar-refractivity contribution < 1.29 is 43.5 Å². The molecule has 176 valence electrons. The van der Waals surface area contributed by atoms with E-state index in [1.54, 1.807) is 0 Å². The number of rotatable bonds is 1. The zero-order chi connectivity index (χ0) is 24.9. The molecule has 1 aromatic carbocycles. The van der Waals surface area contributed by atoms with Crippen molar-refractivity contribution in [3.05, 3.63) is 77.7 Å². The fourth-order valence-electron chi connectivity index (χ4n) is 2.58. The SMILES string of the molecule is CC1C=CC=CC1(C)[NH3+].CC1C=CC=CC1(C)[NH3+].[O-]B([O-])c1c(F)c(F)c(F)c(F)c1F. The quantitative estimate of drug-likeness (QED) is 0.274. The van der Waals surface area contributed by atoms with Crippen LogP contribution in [-0.2, 0) is 0 Å². The smallest absolute Gasteiger partial charge is 0.200 e. The lowest BCUT2D eigenvalue weighted by Gasteiger charge is -2.27. The van der Waals surface area contributed by atoms with Crippen LogP contribution < -0.4 is 27.0 Å². The number of allylic oxidation sites excluding steroid dienone is 4. The third kappa shape index (κ3) is 6.87. The second kappa shape index (κ2) is 11.0. The van der Waals surface area contributed by atoms with Gasteiger partial charge in [0.1, 0.15) is 11.1 Å². The lowest BCUT2D eigenvalue weighted by atomic mass is 9.79.